The average molecular weight is 392 g/mol. The third kappa shape index (κ3) is 4.18. The van der Waals surface area contributed by atoms with Crippen LogP contribution in [0.2, 0.25) is 5.02 Å². The fraction of sp³-hybridized carbons (Fsp3) is 0.579. The molecule has 2 aliphatic rings. The van der Waals surface area contributed by atoms with E-state index in [9.17, 15) is 0 Å². The van der Waals surface area contributed by atoms with Gasteiger partial charge in [0.05, 0.1) is 5.69 Å². The molecule has 2 fully saturated rings. The zero-order chi connectivity index (χ0) is 17.8. The van der Waals surface area contributed by atoms with E-state index in [1.54, 1.807) is 11.8 Å². The molecule has 26 heavy (non-hydrogen) atoms. The molecule has 3 heterocycles. The van der Waals surface area contributed by atoms with Crippen LogP contribution < -0.4 is 4.90 Å². The number of halogens is 1. The minimum Gasteiger partial charge on any atom is -0.341 e. The summed E-state index contributed by atoms with van der Waals surface area (Å²) in [5, 5.41) is 10.8. The quantitative estimate of drug-likeness (QED) is 0.693. The Labute approximate surface area is 164 Å². The molecule has 2 aromatic rings. The Morgan fingerprint density at radius 3 is 2.50 bits per heavy atom. The summed E-state index contributed by atoms with van der Waals surface area (Å²) < 4.78 is 2.18. The van der Waals surface area contributed by atoms with Crippen molar-refractivity contribution in [2.45, 2.75) is 37.3 Å². The summed E-state index contributed by atoms with van der Waals surface area (Å²) in [5.74, 6) is 1.99. The van der Waals surface area contributed by atoms with Crippen molar-refractivity contribution in [2.75, 3.05) is 43.4 Å². The maximum Gasteiger partial charge on any atom is 0.232 e. The van der Waals surface area contributed by atoms with E-state index in [2.05, 4.69) is 30.6 Å². The van der Waals surface area contributed by atoms with Crippen LogP contribution in [-0.2, 0) is 0 Å². The van der Waals surface area contributed by atoms with Crippen LogP contribution in [0.4, 0.5) is 5.95 Å². The van der Waals surface area contributed by atoms with Gasteiger partial charge in [-0.2, -0.15) is 0 Å². The molecule has 0 unspecified atom stereocenters. The lowest BCUT2D eigenvalue weighted by Crippen LogP contribution is -2.31. The molecule has 2 aliphatic heterocycles. The number of likely N-dealkylation sites (tertiary alicyclic amines) is 1. The molecule has 7 heteroatoms. The number of hydrogen-bond donors (Lipinski definition) is 0. The van der Waals surface area contributed by atoms with Gasteiger partial charge >= 0.3 is 0 Å². The standard InChI is InChI=1S/C19H26ClN5S/c20-16-7-6-8-17(15-16)25-18(24-11-4-5-12-24)21-22-19(25)26-14-13-23-9-2-1-3-10-23/h6-8,15H,1-5,9-14H2. The van der Waals surface area contributed by atoms with Crippen molar-refractivity contribution in [3.05, 3.63) is 29.3 Å². The highest BCUT2D eigenvalue weighted by atomic mass is 35.5. The van der Waals surface area contributed by atoms with Gasteiger partial charge in [-0.05, 0) is 57.0 Å². The molecule has 4 rings (SSSR count). The van der Waals surface area contributed by atoms with Gasteiger partial charge in [0, 0.05) is 30.4 Å². The van der Waals surface area contributed by atoms with Gasteiger partial charge in [-0.15, -0.1) is 10.2 Å². The molecule has 0 spiro atoms. The summed E-state index contributed by atoms with van der Waals surface area (Å²) >= 11 is 8.05. The van der Waals surface area contributed by atoms with E-state index in [1.165, 1.54) is 45.2 Å². The molecule has 1 aromatic heterocycles. The fourth-order valence-corrected chi connectivity index (χ4v) is 4.90. The lowest BCUT2D eigenvalue weighted by molar-refractivity contribution is 0.242. The van der Waals surface area contributed by atoms with E-state index < -0.39 is 0 Å². The molecule has 0 amide bonds. The fourth-order valence-electron chi connectivity index (χ4n) is 3.77. The molecule has 0 saturated carbocycles. The predicted octanol–water partition coefficient (Wildman–Crippen LogP) is 4.10. The van der Waals surface area contributed by atoms with Crippen LogP contribution in [0.25, 0.3) is 5.69 Å². The summed E-state index contributed by atoms with van der Waals surface area (Å²) in [6.07, 6.45) is 6.50. The first kappa shape index (κ1) is 18.1. The second-order valence-corrected chi connectivity index (χ2v) is 8.54. The average Bonchev–Trinajstić information content (AvgIpc) is 3.32. The molecule has 5 nitrogen and oxygen atoms in total. The first-order valence-corrected chi connectivity index (χ1v) is 11.0. The number of hydrogen-bond acceptors (Lipinski definition) is 5. The highest BCUT2D eigenvalue weighted by Crippen LogP contribution is 2.29. The van der Waals surface area contributed by atoms with Crippen LogP contribution in [0, 0.1) is 0 Å². The Balaban J connectivity index is 1.53. The minimum atomic E-state index is 0.743. The Morgan fingerprint density at radius 2 is 1.73 bits per heavy atom. The lowest BCUT2D eigenvalue weighted by atomic mass is 10.1. The zero-order valence-electron chi connectivity index (χ0n) is 15.1. The van der Waals surface area contributed by atoms with Crippen molar-refractivity contribution in [3.63, 3.8) is 0 Å². The number of benzene rings is 1. The topological polar surface area (TPSA) is 37.2 Å². The highest BCUT2D eigenvalue weighted by Gasteiger charge is 2.22. The third-order valence-electron chi connectivity index (χ3n) is 5.16. The second kappa shape index (κ2) is 8.63. The molecule has 1 aromatic carbocycles. The van der Waals surface area contributed by atoms with Crippen molar-refractivity contribution in [2.24, 2.45) is 0 Å². The zero-order valence-corrected chi connectivity index (χ0v) is 16.7. The van der Waals surface area contributed by atoms with Gasteiger partial charge in [0.15, 0.2) is 5.16 Å². The maximum atomic E-state index is 6.25. The van der Waals surface area contributed by atoms with Crippen LogP contribution in [0.3, 0.4) is 0 Å². The van der Waals surface area contributed by atoms with Gasteiger partial charge in [-0.1, -0.05) is 35.9 Å². The second-order valence-electron chi connectivity index (χ2n) is 7.04. The number of anilines is 1. The molecule has 0 N–H and O–H groups in total. The van der Waals surface area contributed by atoms with Gasteiger partial charge < -0.3 is 9.80 Å². The van der Waals surface area contributed by atoms with E-state index in [-0.39, 0.29) is 0 Å². The van der Waals surface area contributed by atoms with Crippen LogP contribution in [0.1, 0.15) is 32.1 Å². The number of piperidine rings is 1. The summed E-state index contributed by atoms with van der Waals surface area (Å²) in [5.41, 5.74) is 1.05. The normalized spacial score (nSPS) is 18.6. The summed E-state index contributed by atoms with van der Waals surface area (Å²) in [6.45, 7) is 5.70. The van der Waals surface area contributed by atoms with Crippen molar-refractivity contribution < 1.29 is 0 Å². The monoisotopic (exact) mass is 391 g/mol. The Bertz CT molecular complexity index is 722. The Hall–Kier alpha value is -1.24. The van der Waals surface area contributed by atoms with Gasteiger partial charge in [0.25, 0.3) is 0 Å². The maximum absolute atomic E-state index is 6.25. The van der Waals surface area contributed by atoms with Crippen molar-refractivity contribution in [1.29, 1.82) is 0 Å². The van der Waals surface area contributed by atoms with Crippen molar-refractivity contribution in [3.8, 4) is 5.69 Å². The van der Waals surface area contributed by atoms with Crippen LogP contribution in [0.5, 0.6) is 0 Å². The number of nitrogens with zero attached hydrogens (tertiary/aromatic N) is 5. The van der Waals surface area contributed by atoms with Crippen LogP contribution in [-0.4, -0.2) is 58.1 Å². The molecular weight excluding hydrogens is 366 g/mol. The first-order valence-electron chi connectivity index (χ1n) is 9.63. The van der Waals surface area contributed by atoms with Gasteiger partial charge in [0.1, 0.15) is 0 Å². The van der Waals surface area contributed by atoms with Crippen molar-refractivity contribution >= 4 is 29.3 Å². The number of aromatic nitrogens is 3. The van der Waals surface area contributed by atoms with E-state index in [1.807, 2.05) is 18.2 Å². The van der Waals surface area contributed by atoms with E-state index in [4.69, 9.17) is 11.6 Å². The largest absolute Gasteiger partial charge is 0.341 e. The van der Waals surface area contributed by atoms with Crippen molar-refractivity contribution in [1.82, 2.24) is 19.7 Å². The van der Waals surface area contributed by atoms with Gasteiger partial charge in [-0.25, -0.2) is 0 Å². The summed E-state index contributed by atoms with van der Waals surface area (Å²) in [6, 6.07) is 7.99. The summed E-state index contributed by atoms with van der Waals surface area (Å²) in [7, 11) is 0. The predicted molar refractivity (Wildman–Crippen MR) is 109 cm³/mol. The lowest BCUT2D eigenvalue weighted by Gasteiger charge is -2.26. The highest BCUT2D eigenvalue weighted by molar-refractivity contribution is 7.99. The summed E-state index contributed by atoms with van der Waals surface area (Å²) in [4.78, 5) is 4.90. The molecule has 2 saturated heterocycles. The molecule has 0 aliphatic carbocycles. The van der Waals surface area contributed by atoms with E-state index in [0.29, 0.717) is 0 Å². The van der Waals surface area contributed by atoms with E-state index in [0.717, 1.165) is 47.2 Å². The van der Waals surface area contributed by atoms with Gasteiger partial charge in [0.2, 0.25) is 5.95 Å². The SMILES string of the molecule is Clc1cccc(-n2c(SCCN3CCCCC3)nnc2N2CCCC2)c1. The molecule has 0 radical (unpaired) electrons. The Morgan fingerprint density at radius 1 is 0.962 bits per heavy atom. The van der Waals surface area contributed by atoms with E-state index >= 15 is 0 Å². The third-order valence-corrected chi connectivity index (χ3v) is 6.30. The number of rotatable bonds is 6. The molecule has 0 atom stereocenters. The molecular formula is C19H26ClN5S. The molecule has 140 valence electrons. The van der Waals surface area contributed by atoms with Crippen LogP contribution in [0.15, 0.2) is 29.4 Å². The van der Waals surface area contributed by atoms with Gasteiger partial charge in [-0.3, -0.25) is 4.57 Å². The minimum absolute atomic E-state index is 0.743. The van der Waals surface area contributed by atoms with Crippen LogP contribution >= 0.6 is 23.4 Å². The Kier molecular flexibility index (Phi) is 6.02. The molecule has 0 bridgehead atoms. The number of thioether (sulfide) groups is 1. The smallest absolute Gasteiger partial charge is 0.232 e. The first-order chi connectivity index (χ1) is 12.8.